The highest BCUT2D eigenvalue weighted by molar-refractivity contribution is 9.11. The summed E-state index contributed by atoms with van der Waals surface area (Å²) in [5.74, 6) is 2.98. The van der Waals surface area contributed by atoms with Gasteiger partial charge in [-0.3, -0.25) is 33.6 Å². The number of fused-ring (bicyclic) bond motifs is 9. The van der Waals surface area contributed by atoms with E-state index in [0.29, 0.717) is 34.5 Å². The summed E-state index contributed by atoms with van der Waals surface area (Å²) in [4.78, 5) is 99.8. The number of hydrogen-bond acceptors (Lipinski definition) is 15. The van der Waals surface area contributed by atoms with Gasteiger partial charge in [0.2, 0.25) is 15.2 Å². The number of hydrogen-bond donors (Lipinski definition) is 0. The van der Waals surface area contributed by atoms with E-state index in [1.54, 1.807) is 106 Å². The third-order valence-corrected chi connectivity index (χ3v) is 36.0. The highest BCUT2D eigenvalue weighted by Gasteiger charge is 2.42. The van der Waals surface area contributed by atoms with E-state index < -0.39 is 17.3 Å². The van der Waals surface area contributed by atoms with Crippen molar-refractivity contribution in [1.29, 1.82) is 0 Å². The fourth-order valence-electron chi connectivity index (χ4n) is 14.3. The molecule has 0 aliphatic carbocycles. The lowest BCUT2D eigenvalue weighted by Crippen LogP contribution is -2.29. The Kier molecular flexibility index (Phi) is 33.6. The number of ether oxygens (including phenoxy) is 7. The summed E-state index contributed by atoms with van der Waals surface area (Å²) in [6, 6.07) is 122. The van der Waals surface area contributed by atoms with Crippen LogP contribution in [0, 0.1) is 0 Å². The minimum absolute atomic E-state index is 0.0695. The van der Waals surface area contributed by atoms with Gasteiger partial charge >= 0.3 is 35.8 Å². The maximum Gasteiger partial charge on any atom is 0.327 e. The fraction of sp³-hybridized carbons (Fsp3) is 0.142. The van der Waals surface area contributed by atoms with Gasteiger partial charge in [-0.05, 0) is 275 Å². The molecule has 0 saturated carbocycles. The van der Waals surface area contributed by atoms with Gasteiger partial charge in [0, 0.05) is 62.0 Å². The molecule has 2 aliphatic rings. The molecule has 2 aromatic heterocycles. The smallest absolute Gasteiger partial charge is 0.327 e. The van der Waals surface area contributed by atoms with Gasteiger partial charge in [0.1, 0.15) is 83.2 Å². The Balaban J connectivity index is 0.000000132. The lowest BCUT2D eigenvalue weighted by molar-refractivity contribution is -0.136. The van der Waals surface area contributed by atoms with Crippen molar-refractivity contribution >= 4 is 237 Å². The summed E-state index contributed by atoms with van der Waals surface area (Å²) in [7, 11) is -1.51. The Morgan fingerprint density at radius 1 is 0.295 bits per heavy atom. The standard InChI is InChI=1S/C24H21Br2O4S.C23H18BrO3S.C22H18BrO3S.C22H18BrO2S2.C22H18BrO2S/c1-16(25)23(27)29-18-8-12-21(13-9-18)31(20-6-4-3-5-7-20)22-14-10-19(11-15-22)30-24(28)17(2)26;1-23(2,24)22(26)27-15-11-13-16(14-12-15)28-19-9-5-3-7-17(19)21(25)18-8-4-6-10-20(18)28;2*1-22(2,23)21(24)25-15-8-7-9-16(14-15)27-19-12-5-3-10-17(19)26-18-11-4-6-13-20(18)27;1-22(2,23)21(24)25-15-8-7-9-16(14-15)26-19-12-5-3-10-17(19)18-11-4-6-13-20(18)26/h3-17H,1-2H3;3-14H,1-2H3;2*3-14H,1-2H3;3-14H,1-2H3/q5*+1. The predicted molar refractivity (Wildman–Crippen MR) is 588 cm³/mol. The monoisotopic (exact) mass is 2340 g/mol. The van der Waals surface area contributed by atoms with Gasteiger partial charge in [0.15, 0.2) is 74.4 Å². The van der Waals surface area contributed by atoms with Crippen LogP contribution < -0.4 is 38.6 Å². The molecule has 0 saturated heterocycles. The molecule has 0 fully saturated rings. The SMILES string of the molecule is CC(Br)C(=O)Oc1ccc([S+](c2ccccc2)c2ccc(OC(=O)C(C)Br)cc2)cc1.CC(C)(Br)C(=O)Oc1ccc(-[s+]2c3ccccc3c(=O)c3ccccc32)cc1.CC(C)(Br)C(=O)Oc1cccc(-[s+]2c3ccccc3c3ccccc32)c1.CC(C)(Br)C(=O)Oc1cccc([S+]2c3ccccc3Oc3ccccc32)c1.CC(C)(Br)C(=O)Oc1cccc([S+]2c3ccccc3Sc3ccccc32)c1. The Morgan fingerprint density at radius 3 is 0.971 bits per heavy atom. The molecule has 0 bridgehead atoms. The van der Waals surface area contributed by atoms with Crippen LogP contribution in [0.25, 0.3) is 50.1 Å². The number of thiophene rings is 1. The van der Waals surface area contributed by atoms with Crippen LogP contribution in [-0.4, -0.2) is 62.8 Å². The van der Waals surface area contributed by atoms with Crippen LogP contribution in [0.3, 0.4) is 0 Å². The number of para-hydroxylation sites is 2. The minimum Gasteiger partial charge on any atom is -0.447 e. The van der Waals surface area contributed by atoms with Crippen molar-refractivity contribution in [2.24, 2.45) is 0 Å². The lowest BCUT2D eigenvalue weighted by atomic mass is 10.2. The molecule has 19 rings (SSSR count). The van der Waals surface area contributed by atoms with Crippen molar-refractivity contribution in [3.63, 3.8) is 0 Å². The number of carbonyl (C=O) groups excluding carboxylic acids is 6. The van der Waals surface area contributed by atoms with E-state index in [4.69, 9.17) is 33.2 Å². The molecule has 0 spiro atoms. The van der Waals surface area contributed by atoms with Crippen LogP contribution in [0.15, 0.2) is 429 Å². The summed E-state index contributed by atoms with van der Waals surface area (Å²) >= 11 is 21.6. The van der Waals surface area contributed by atoms with Gasteiger partial charge in [-0.15, -0.1) is 0 Å². The first kappa shape index (κ1) is 103. The second-order valence-corrected chi connectivity index (χ2v) is 55.2. The van der Waals surface area contributed by atoms with Crippen molar-refractivity contribution in [3.8, 4) is 55.8 Å². The number of halogens is 6. The van der Waals surface area contributed by atoms with E-state index in [9.17, 15) is 33.6 Å². The summed E-state index contributed by atoms with van der Waals surface area (Å²) in [6.45, 7) is 17.6. The molecule has 2 aliphatic heterocycles. The average molecular weight is 2350 g/mol. The van der Waals surface area contributed by atoms with Gasteiger partial charge in [0.25, 0.3) is 0 Å². The van der Waals surface area contributed by atoms with Crippen molar-refractivity contribution in [2.45, 2.75) is 150 Å². The Hall–Kier alpha value is -10.7. The third-order valence-electron chi connectivity index (χ3n) is 21.1. The molecular weight excluding hydrogens is 2250 g/mol. The summed E-state index contributed by atoms with van der Waals surface area (Å²) < 4.78 is 40.8. The number of esters is 6. The zero-order chi connectivity index (χ0) is 98.6. The molecule has 26 heteroatoms. The molecule has 15 aromatic carbocycles. The summed E-state index contributed by atoms with van der Waals surface area (Å²) in [5.41, 5.74) is 0.0695. The topological polar surface area (TPSA) is 184 Å². The van der Waals surface area contributed by atoms with Gasteiger partial charge < -0.3 is 33.2 Å². The maximum atomic E-state index is 12.9. The molecule has 2 atom stereocenters. The van der Waals surface area contributed by atoms with Gasteiger partial charge in [-0.25, -0.2) is 0 Å². The highest BCUT2D eigenvalue weighted by Crippen LogP contribution is 2.53. The number of rotatable bonds is 19. The maximum absolute atomic E-state index is 12.9. The van der Waals surface area contributed by atoms with Crippen molar-refractivity contribution < 1.29 is 61.9 Å². The minimum atomic E-state index is -0.741. The quantitative estimate of drug-likeness (QED) is 0.0245. The third kappa shape index (κ3) is 25.3. The predicted octanol–water partition coefficient (Wildman–Crippen LogP) is 31.4. The zero-order valence-electron chi connectivity index (χ0n) is 76.8. The molecule has 0 N–H and O–H groups in total. The summed E-state index contributed by atoms with van der Waals surface area (Å²) in [6.07, 6.45) is 0. The average Bonchev–Trinajstić information content (AvgIpc) is 1.45. The van der Waals surface area contributed by atoms with E-state index in [2.05, 4.69) is 235 Å². The van der Waals surface area contributed by atoms with E-state index in [1.807, 2.05) is 206 Å². The Bertz CT molecular complexity index is 7020. The van der Waals surface area contributed by atoms with Crippen molar-refractivity contribution in [1.82, 2.24) is 0 Å². The van der Waals surface area contributed by atoms with Crippen LogP contribution >= 0.6 is 128 Å². The highest BCUT2D eigenvalue weighted by atomic mass is 79.9. The first-order valence-corrected chi connectivity index (χ1v) is 55.8. The molecule has 0 radical (unpaired) electrons. The fourth-order valence-corrected chi connectivity index (χ4v) is 27.6. The molecule has 2 unspecified atom stereocenters. The van der Waals surface area contributed by atoms with Gasteiger partial charge in [0.05, 0.1) is 31.5 Å². The first-order chi connectivity index (χ1) is 66.5. The van der Waals surface area contributed by atoms with E-state index >= 15 is 0 Å². The van der Waals surface area contributed by atoms with E-state index in [1.165, 1.54) is 39.8 Å². The van der Waals surface area contributed by atoms with Crippen LogP contribution in [-0.2, 0) is 61.5 Å². The van der Waals surface area contributed by atoms with Crippen LogP contribution in [0.1, 0.15) is 69.2 Å². The largest absolute Gasteiger partial charge is 0.447 e. The molecule has 139 heavy (non-hydrogen) atoms. The second kappa shape index (κ2) is 45.5. The zero-order valence-corrected chi connectivity index (χ0v) is 91.2. The molecule has 14 nitrogen and oxygen atoms in total. The second-order valence-electron chi connectivity index (χ2n) is 33.5. The van der Waals surface area contributed by atoms with E-state index in [0.717, 1.165) is 75.7 Å². The van der Waals surface area contributed by atoms with Gasteiger partial charge in [-0.2, -0.15) is 0 Å². The number of alkyl halides is 6. The van der Waals surface area contributed by atoms with Crippen molar-refractivity contribution in [2.75, 3.05) is 0 Å². The van der Waals surface area contributed by atoms with Gasteiger partial charge in [-0.1, -0.05) is 241 Å². The Morgan fingerprint density at radius 2 is 0.583 bits per heavy atom. The lowest BCUT2D eigenvalue weighted by Gasteiger charge is -2.20. The van der Waals surface area contributed by atoms with Crippen LogP contribution in [0.4, 0.5) is 0 Å². The molecule has 702 valence electrons. The van der Waals surface area contributed by atoms with E-state index in [-0.39, 0.29) is 105 Å². The number of carbonyl (C=O) groups is 6. The van der Waals surface area contributed by atoms with Crippen LogP contribution in [0.5, 0.6) is 46.0 Å². The van der Waals surface area contributed by atoms with Crippen molar-refractivity contribution in [3.05, 3.63) is 380 Å². The normalized spacial score (nSPS) is 12.8. The Labute approximate surface area is 876 Å². The van der Waals surface area contributed by atoms with Crippen LogP contribution in [0.2, 0.25) is 0 Å². The molecule has 4 heterocycles. The molecular formula is C113H93Br6O14S6+5. The molecule has 17 aromatic rings. The number of benzene rings is 15. The molecule has 0 amide bonds. The summed E-state index contributed by atoms with van der Waals surface area (Å²) in [5, 5.41) is 4.08. The first-order valence-electron chi connectivity index (χ1n) is 43.9.